The standard InChI is InChI=1S/C17H21NO6/c1-16(2,3)24-15(22)18-13-6-5-11(23-4)7-12(13)17(14(20)21)8-10(19)9-17/h5-7H,8-9H2,1-4H3,(H,18,22)(H,20,21). The summed E-state index contributed by atoms with van der Waals surface area (Å²) in [6.45, 7) is 5.18. The van der Waals surface area contributed by atoms with Gasteiger partial charge in [-0.3, -0.25) is 14.9 Å². The van der Waals surface area contributed by atoms with Gasteiger partial charge in [0, 0.05) is 18.5 Å². The summed E-state index contributed by atoms with van der Waals surface area (Å²) < 4.78 is 10.3. The van der Waals surface area contributed by atoms with Crippen LogP contribution in [0.2, 0.25) is 0 Å². The second kappa shape index (κ2) is 6.14. The van der Waals surface area contributed by atoms with E-state index >= 15 is 0 Å². The lowest BCUT2D eigenvalue weighted by Gasteiger charge is -2.38. The van der Waals surface area contributed by atoms with Crippen molar-refractivity contribution in [2.75, 3.05) is 12.4 Å². The van der Waals surface area contributed by atoms with Crippen LogP contribution in [0.4, 0.5) is 10.5 Å². The third-order valence-corrected chi connectivity index (χ3v) is 3.79. The predicted molar refractivity (Wildman–Crippen MR) is 86.4 cm³/mol. The van der Waals surface area contributed by atoms with Gasteiger partial charge in [0.15, 0.2) is 0 Å². The largest absolute Gasteiger partial charge is 0.497 e. The van der Waals surface area contributed by atoms with Crippen molar-refractivity contribution in [1.82, 2.24) is 0 Å². The summed E-state index contributed by atoms with van der Waals surface area (Å²) >= 11 is 0. The van der Waals surface area contributed by atoms with Gasteiger partial charge in [-0.2, -0.15) is 0 Å². The van der Waals surface area contributed by atoms with Gasteiger partial charge in [0.2, 0.25) is 0 Å². The molecule has 1 aromatic carbocycles. The molecule has 2 rings (SSSR count). The number of rotatable bonds is 4. The van der Waals surface area contributed by atoms with Crippen LogP contribution >= 0.6 is 0 Å². The number of Topliss-reactive ketones (excluding diaryl/α,β-unsaturated/α-hetero) is 1. The molecule has 7 heteroatoms. The van der Waals surface area contributed by atoms with E-state index in [1.807, 2.05) is 0 Å². The summed E-state index contributed by atoms with van der Waals surface area (Å²) in [5.41, 5.74) is -1.41. The minimum atomic E-state index is -1.35. The fourth-order valence-electron chi connectivity index (χ4n) is 2.65. The maximum Gasteiger partial charge on any atom is 0.412 e. The molecule has 0 aliphatic heterocycles. The van der Waals surface area contributed by atoms with Crippen molar-refractivity contribution in [2.45, 2.75) is 44.6 Å². The van der Waals surface area contributed by atoms with E-state index in [4.69, 9.17) is 9.47 Å². The van der Waals surface area contributed by atoms with E-state index in [-0.39, 0.29) is 18.6 Å². The minimum Gasteiger partial charge on any atom is -0.497 e. The van der Waals surface area contributed by atoms with Gasteiger partial charge in [-0.1, -0.05) is 0 Å². The number of aliphatic carboxylic acids is 1. The lowest BCUT2D eigenvalue weighted by molar-refractivity contribution is -0.153. The molecular weight excluding hydrogens is 314 g/mol. The van der Waals surface area contributed by atoms with Crippen LogP contribution in [0.3, 0.4) is 0 Å². The topological polar surface area (TPSA) is 102 Å². The first-order valence-electron chi connectivity index (χ1n) is 7.51. The van der Waals surface area contributed by atoms with Crippen LogP contribution in [-0.4, -0.2) is 35.7 Å². The average Bonchev–Trinajstić information content (AvgIpc) is 2.41. The van der Waals surface area contributed by atoms with Crippen molar-refractivity contribution in [2.24, 2.45) is 0 Å². The zero-order valence-electron chi connectivity index (χ0n) is 14.1. The number of methoxy groups -OCH3 is 1. The first-order chi connectivity index (χ1) is 11.1. The average molecular weight is 335 g/mol. The Morgan fingerprint density at radius 2 is 1.88 bits per heavy atom. The molecule has 7 nitrogen and oxygen atoms in total. The molecule has 0 radical (unpaired) electrons. The Morgan fingerprint density at radius 3 is 2.33 bits per heavy atom. The molecule has 0 heterocycles. The van der Waals surface area contributed by atoms with Crippen molar-refractivity contribution in [3.05, 3.63) is 23.8 Å². The lowest BCUT2D eigenvalue weighted by atomic mass is 9.63. The monoisotopic (exact) mass is 335 g/mol. The molecule has 0 atom stereocenters. The summed E-state index contributed by atoms with van der Waals surface area (Å²) in [5, 5.41) is 12.2. The molecular formula is C17H21NO6. The van der Waals surface area contributed by atoms with Crippen LogP contribution in [0.15, 0.2) is 18.2 Å². The maximum atomic E-state index is 12.0. The zero-order chi connectivity index (χ0) is 18.1. The Labute approximate surface area is 139 Å². The molecule has 0 saturated heterocycles. The number of carboxylic acids is 1. The van der Waals surface area contributed by atoms with E-state index < -0.39 is 23.1 Å². The first-order valence-corrected chi connectivity index (χ1v) is 7.51. The third-order valence-electron chi connectivity index (χ3n) is 3.79. The van der Waals surface area contributed by atoms with E-state index in [1.54, 1.807) is 32.9 Å². The Kier molecular flexibility index (Phi) is 4.55. The molecule has 1 aliphatic carbocycles. The van der Waals surface area contributed by atoms with E-state index in [0.29, 0.717) is 17.0 Å². The smallest absolute Gasteiger partial charge is 0.412 e. The van der Waals surface area contributed by atoms with Crippen LogP contribution < -0.4 is 10.1 Å². The SMILES string of the molecule is COc1ccc(NC(=O)OC(C)(C)C)c(C2(C(=O)O)CC(=O)C2)c1. The zero-order valence-corrected chi connectivity index (χ0v) is 14.1. The Bertz CT molecular complexity index is 681. The van der Waals surface area contributed by atoms with Gasteiger partial charge in [-0.05, 0) is 44.5 Å². The Morgan fingerprint density at radius 1 is 1.25 bits per heavy atom. The number of benzene rings is 1. The molecule has 1 aromatic rings. The van der Waals surface area contributed by atoms with Crippen LogP contribution in [0, 0.1) is 0 Å². The number of nitrogens with one attached hydrogen (secondary N) is 1. The van der Waals surface area contributed by atoms with Crippen LogP contribution in [0.1, 0.15) is 39.2 Å². The molecule has 0 bridgehead atoms. The number of anilines is 1. The van der Waals surface area contributed by atoms with E-state index in [9.17, 15) is 19.5 Å². The van der Waals surface area contributed by atoms with Crippen molar-refractivity contribution in [3.63, 3.8) is 0 Å². The summed E-state index contributed by atoms with van der Waals surface area (Å²) in [7, 11) is 1.46. The molecule has 0 unspecified atom stereocenters. The van der Waals surface area contributed by atoms with E-state index in [0.717, 1.165) is 0 Å². The van der Waals surface area contributed by atoms with Gasteiger partial charge in [0.25, 0.3) is 0 Å². The second-order valence-electron chi connectivity index (χ2n) is 6.82. The van der Waals surface area contributed by atoms with Gasteiger partial charge >= 0.3 is 12.1 Å². The molecule has 0 aromatic heterocycles. The number of ketones is 1. The van der Waals surface area contributed by atoms with Gasteiger partial charge in [-0.25, -0.2) is 4.79 Å². The highest BCUT2D eigenvalue weighted by Crippen LogP contribution is 2.45. The van der Waals surface area contributed by atoms with Gasteiger partial charge in [0.1, 0.15) is 22.5 Å². The summed E-state index contributed by atoms with van der Waals surface area (Å²) in [4.78, 5) is 35.3. The fraction of sp³-hybridized carbons (Fsp3) is 0.471. The molecule has 24 heavy (non-hydrogen) atoms. The van der Waals surface area contributed by atoms with Crippen LogP contribution in [0.5, 0.6) is 5.75 Å². The van der Waals surface area contributed by atoms with Gasteiger partial charge in [0.05, 0.1) is 7.11 Å². The van der Waals surface area contributed by atoms with E-state index in [2.05, 4.69) is 5.32 Å². The molecule has 130 valence electrons. The molecule has 1 fully saturated rings. The van der Waals surface area contributed by atoms with Crippen molar-refractivity contribution < 1.29 is 29.0 Å². The Balaban J connectivity index is 2.40. The van der Waals surface area contributed by atoms with Gasteiger partial charge in [-0.15, -0.1) is 0 Å². The highest BCUT2D eigenvalue weighted by Gasteiger charge is 2.53. The number of carboxylic acid groups (broad SMARTS) is 1. The predicted octanol–water partition coefficient (Wildman–Crippen LogP) is 2.73. The molecule has 2 N–H and O–H groups in total. The molecule has 1 aliphatic rings. The number of hydrogen-bond acceptors (Lipinski definition) is 5. The number of ether oxygens (including phenoxy) is 2. The number of carbonyl (C=O) groups excluding carboxylic acids is 2. The normalized spacial score (nSPS) is 16.1. The summed E-state index contributed by atoms with van der Waals surface area (Å²) in [6, 6.07) is 4.69. The van der Waals surface area contributed by atoms with Crippen molar-refractivity contribution in [3.8, 4) is 5.75 Å². The number of amides is 1. The van der Waals surface area contributed by atoms with Crippen LogP contribution in [-0.2, 0) is 19.7 Å². The highest BCUT2D eigenvalue weighted by molar-refractivity contribution is 6.03. The molecule has 1 amide bonds. The van der Waals surface area contributed by atoms with Gasteiger partial charge < -0.3 is 14.6 Å². The maximum absolute atomic E-state index is 12.0. The first kappa shape index (κ1) is 17.8. The highest BCUT2D eigenvalue weighted by atomic mass is 16.6. The van der Waals surface area contributed by atoms with Crippen molar-refractivity contribution in [1.29, 1.82) is 0 Å². The molecule has 1 saturated carbocycles. The number of hydrogen-bond donors (Lipinski definition) is 2. The number of carbonyl (C=O) groups is 3. The second-order valence-corrected chi connectivity index (χ2v) is 6.82. The minimum absolute atomic E-state index is 0.113. The Hall–Kier alpha value is -2.57. The summed E-state index contributed by atoms with van der Waals surface area (Å²) in [6.07, 6.45) is -0.920. The molecule has 0 spiro atoms. The third kappa shape index (κ3) is 3.50. The van der Waals surface area contributed by atoms with Crippen molar-refractivity contribution >= 4 is 23.5 Å². The lowest BCUT2D eigenvalue weighted by Crippen LogP contribution is -2.48. The van der Waals surface area contributed by atoms with E-state index in [1.165, 1.54) is 13.2 Å². The quantitative estimate of drug-likeness (QED) is 0.877. The summed E-state index contributed by atoms with van der Waals surface area (Å²) in [5.74, 6) is -0.800. The van der Waals surface area contributed by atoms with Crippen LogP contribution in [0.25, 0.3) is 0 Å². The fourth-order valence-corrected chi connectivity index (χ4v) is 2.65.